The van der Waals surface area contributed by atoms with E-state index in [-0.39, 0.29) is 16.2 Å². The molecule has 0 aliphatic heterocycles. The number of hydrogen-bond acceptors (Lipinski definition) is 5. The first-order valence-corrected chi connectivity index (χ1v) is 8.49. The van der Waals surface area contributed by atoms with Crippen molar-refractivity contribution in [3.05, 3.63) is 46.6 Å². The average molecular weight is 325 g/mol. The molecule has 0 aliphatic rings. The van der Waals surface area contributed by atoms with E-state index in [1.54, 1.807) is 25.1 Å². The topological polar surface area (TPSA) is 102 Å². The number of pyridine rings is 1. The summed E-state index contributed by atoms with van der Waals surface area (Å²) in [6.45, 7) is 3.61. The van der Waals surface area contributed by atoms with Crippen molar-refractivity contribution >= 4 is 27.3 Å². The van der Waals surface area contributed by atoms with Gasteiger partial charge in [0.2, 0.25) is 10.0 Å². The van der Waals surface area contributed by atoms with E-state index >= 15 is 0 Å². The van der Waals surface area contributed by atoms with Crippen LogP contribution in [0.3, 0.4) is 0 Å². The quantitative estimate of drug-likeness (QED) is 0.891. The molecule has 0 saturated heterocycles. The molecule has 21 heavy (non-hydrogen) atoms. The van der Waals surface area contributed by atoms with Gasteiger partial charge in [0.15, 0.2) is 0 Å². The Kier molecular flexibility index (Phi) is 4.40. The van der Waals surface area contributed by atoms with Gasteiger partial charge in [-0.2, -0.15) is 0 Å². The van der Waals surface area contributed by atoms with Gasteiger partial charge in [0.1, 0.15) is 4.21 Å². The molecule has 6 nitrogen and oxygen atoms in total. The summed E-state index contributed by atoms with van der Waals surface area (Å²) in [7, 11) is -3.71. The lowest BCUT2D eigenvalue weighted by atomic mass is 10.2. The first kappa shape index (κ1) is 15.6. The number of primary sulfonamides is 1. The van der Waals surface area contributed by atoms with E-state index < -0.39 is 10.0 Å². The van der Waals surface area contributed by atoms with E-state index in [0.717, 1.165) is 17.0 Å². The number of sulfonamides is 1. The summed E-state index contributed by atoms with van der Waals surface area (Å²) in [4.78, 5) is 16.8. The minimum Gasteiger partial charge on any atom is -0.345 e. The molecular weight excluding hydrogens is 310 g/mol. The van der Waals surface area contributed by atoms with Crippen LogP contribution < -0.4 is 10.5 Å². The normalized spacial score (nSPS) is 12.9. The fraction of sp³-hybridized carbons (Fsp3) is 0.231. The van der Waals surface area contributed by atoms with Crippen molar-refractivity contribution in [2.45, 2.75) is 24.1 Å². The van der Waals surface area contributed by atoms with Gasteiger partial charge in [0, 0.05) is 16.8 Å². The molecule has 0 saturated carbocycles. The third-order valence-electron chi connectivity index (χ3n) is 2.83. The van der Waals surface area contributed by atoms with E-state index in [4.69, 9.17) is 5.14 Å². The molecule has 0 fully saturated rings. The van der Waals surface area contributed by atoms with Crippen LogP contribution in [0.5, 0.6) is 0 Å². The second-order valence-corrected chi connectivity index (χ2v) is 7.49. The van der Waals surface area contributed by atoms with Crippen LogP contribution in [-0.4, -0.2) is 19.3 Å². The van der Waals surface area contributed by atoms with Crippen LogP contribution in [-0.2, 0) is 10.0 Å². The molecular formula is C13H15N3O3S2. The van der Waals surface area contributed by atoms with Crippen molar-refractivity contribution in [3.8, 4) is 0 Å². The molecule has 2 aromatic heterocycles. The third-order valence-corrected chi connectivity index (χ3v) is 5.54. The van der Waals surface area contributed by atoms with Gasteiger partial charge in [-0.15, -0.1) is 11.3 Å². The minimum atomic E-state index is -3.71. The number of hydrogen-bond donors (Lipinski definition) is 2. The molecule has 0 aromatic carbocycles. The van der Waals surface area contributed by atoms with Crippen LogP contribution in [0.1, 0.15) is 33.9 Å². The molecule has 2 rings (SSSR count). The number of aromatic nitrogens is 1. The van der Waals surface area contributed by atoms with E-state index in [2.05, 4.69) is 10.3 Å². The maximum Gasteiger partial charge on any atom is 0.253 e. The molecule has 0 radical (unpaired) electrons. The summed E-state index contributed by atoms with van der Waals surface area (Å²) >= 11 is 1.04. The number of nitrogens with one attached hydrogen (secondary N) is 1. The molecule has 0 aliphatic carbocycles. The van der Waals surface area contributed by atoms with Gasteiger partial charge in [-0.25, -0.2) is 13.6 Å². The van der Waals surface area contributed by atoms with Crippen molar-refractivity contribution < 1.29 is 13.2 Å². The van der Waals surface area contributed by atoms with Gasteiger partial charge in [-0.1, -0.05) is 0 Å². The largest absolute Gasteiger partial charge is 0.345 e. The summed E-state index contributed by atoms with van der Waals surface area (Å²) in [6, 6.07) is 6.20. The van der Waals surface area contributed by atoms with Crippen LogP contribution in [0.15, 0.2) is 34.7 Å². The predicted molar refractivity (Wildman–Crippen MR) is 80.5 cm³/mol. The van der Waals surface area contributed by atoms with Crippen molar-refractivity contribution in [3.63, 3.8) is 0 Å². The van der Waals surface area contributed by atoms with Gasteiger partial charge in [-0.05, 0) is 38.1 Å². The molecule has 0 spiro atoms. The Morgan fingerprint density at radius 2 is 2.05 bits per heavy atom. The second kappa shape index (κ2) is 5.92. The zero-order valence-electron chi connectivity index (χ0n) is 11.5. The Morgan fingerprint density at radius 3 is 2.57 bits per heavy atom. The van der Waals surface area contributed by atoms with E-state index in [0.29, 0.717) is 10.4 Å². The molecule has 2 heterocycles. The van der Waals surface area contributed by atoms with Crippen LogP contribution in [0.2, 0.25) is 0 Å². The molecule has 1 amide bonds. The lowest BCUT2D eigenvalue weighted by Gasteiger charge is -2.12. The van der Waals surface area contributed by atoms with Crippen molar-refractivity contribution in [2.24, 2.45) is 5.14 Å². The first-order valence-electron chi connectivity index (χ1n) is 6.13. The summed E-state index contributed by atoms with van der Waals surface area (Å²) in [6.07, 6.45) is 1.50. The van der Waals surface area contributed by atoms with Crippen molar-refractivity contribution in [1.29, 1.82) is 0 Å². The number of carbonyl (C=O) groups is 1. The Bertz CT molecular complexity index is 751. The first-order chi connectivity index (χ1) is 9.77. The highest BCUT2D eigenvalue weighted by molar-refractivity contribution is 7.91. The molecule has 8 heteroatoms. The maximum atomic E-state index is 12.1. The molecule has 3 N–H and O–H groups in total. The number of rotatable bonds is 4. The highest BCUT2D eigenvalue weighted by atomic mass is 32.2. The number of thiophene rings is 1. The lowest BCUT2D eigenvalue weighted by molar-refractivity contribution is 0.0940. The molecule has 1 unspecified atom stereocenters. The molecule has 2 aromatic rings. The van der Waals surface area contributed by atoms with Gasteiger partial charge >= 0.3 is 0 Å². The van der Waals surface area contributed by atoms with Crippen molar-refractivity contribution in [1.82, 2.24) is 10.3 Å². The number of aryl methyl sites for hydroxylation is 1. The fourth-order valence-corrected chi connectivity index (χ4v) is 3.42. The molecule has 0 bridgehead atoms. The number of nitrogens with two attached hydrogens (primary N) is 1. The fourth-order valence-electron chi connectivity index (χ4n) is 1.67. The highest BCUT2D eigenvalue weighted by Gasteiger charge is 2.17. The highest BCUT2D eigenvalue weighted by Crippen LogP contribution is 2.25. The van der Waals surface area contributed by atoms with Crippen LogP contribution in [0.4, 0.5) is 0 Å². The third kappa shape index (κ3) is 3.87. The van der Waals surface area contributed by atoms with Gasteiger partial charge in [0.25, 0.3) is 5.91 Å². The second-order valence-electron chi connectivity index (χ2n) is 4.59. The summed E-state index contributed by atoms with van der Waals surface area (Å²) in [5, 5.41) is 7.86. The smallest absolute Gasteiger partial charge is 0.253 e. The van der Waals surface area contributed by atoms with E-state index in [1.165, 1.54) is 12.3 Å². The van der Waals surface area contributed by atoms with Gasteiger partial charge in [0.05, 0.1) is 11.6 Å². The molecule has 1 atom stereocenters. The zero-order valence-corrected chi connectivity index (χ0v) is 13.2. The lowest BCUT2D eigenvalue weighted by Crippen LogP contribution is -2.26. The van der Waals surface area contributed by atoms with E-state index in [1.807, 2.05) is 6.92 Å². The van der Waals surface area contributed by atoms with Crippen LogP contribution in [0.25, 0.3) is 0 Å². The summed E-state index contributed by atoms with van der Waals surface area (Å²) in [5.41, 5.74) is 1.28. The van der Waals surface area contributed by atoms with Gasteiger partial charge in [-0.3, -0.25) is 9.78 Å². The number of nitrogens with zero attached hydrogens (tertiary/aromatic N) is 1. The number of carbonyl (C=O) groups excluding carboxylic acids is 1. The Morgan fingerprint density at radius 1 is 1.33 bits per heavy atom. The monoisotopic (exact) mass is 325 g/mol. The van der Waals surface area contributed by atoms with Crippen LogP contribution in [0, 0.1) is 6.92 Å². The minimum absolute atomic E-state index is 0.0793. The molecule has 112 valence electrons. The summed E-state index contributed by atoms with van der Waals surface area (Å²) in [5.74, 6) is -0.263. The zero-order chi connectivity index (χ0) is 15.6. The predicted octanol–water partition coefficient (Wildman–Crippen LogP) is 1.59. The van der Waals surface area contributed by atoms with E-state index in [9.17, 15) is 13.2 Å². The average Bonchev–Trinajstić information content (AvgIpc) is 2.88. The standard InChI is InChI=1S/C13H15N3O3S2/c1-8-3-4-10(7-15-8)13(17)16-9(2)11-5-6-12(20-11)21(14,18)19/h3-7,9H,1-2H3,(H,16,17)(H2,14,18,19). The summed E-state index contributed by atoms with van der Waals surface area (Å²) < 4.78 is 22.6. The Labute approximate surface area is 127 Å². The Balaban J connectivity index is 2.11. The van der Waals surface area contributed by atoms with Gasteiger partial charge < -0.3 is 5.32 Å². The van der Waals surface area contributed by atoms with Crippen molar-refractivity contribution in [2.75, 3.05) is 0 Å². The number of amides is 1. The SMILES string of the molecule is Cc1ccc(C(=O)NC(C)c2ccc(S(N)(=O)=O)s2)cn1. The maximum absolute atomic E-state index is 12.1. The van der Waals surface area contributed by atoms with Crippen LogP contribution >= 0.6 is 11.3 Å². The Hall–Kier alpha value is -1.77.